The van der Waals surface area contributed by atoms with Gasteiger partial charge in [-0.15, -0.1) is 11.3 Å². The highest BCUT2D eigenvalue weighted by atomic mass is 32.1. The van der Waals surface area contributed by atoms with Crippen LogP contribution in [-0.4, -0.2) is 42.2 Å². The fraction of sp³-hybridized carbons (Fsp3) is 0.667. The average molecular weight is 297 g/mol. The van der Waals surface area contributed by atoms with Crippen molar-refractivity contribution in [1.82, 2.24) is 4.90 Å². The minimum absolute atomic E-state index is 0.342. The lowest BCUT2D eigenvalue weighted by Crippen LogP contribution is -2.22. The molecule has 0 saturated carbocycles. The predicted octanol–water partition coefficient (Wildman–Crippen LogP) is 3.26. The van der Waals surface area contributed by atoms with Crippen molar-refractivity contribution in [3.63, 3.8) is 0 Å². The second kappa shape index (κ2) is 7.64. The maximum atomic E-state index is 11.2. The Morgan fingerprint density at radius 1 is 1.45 bits per heavy atom. The molecule has 0 unspecified atom stereocenters. The topological polar surface area (TPSA) is 49.8 Å². The summed E-state index contributed by atoms with van der Waals surface area (Å²) in [6, 6.07) is 1.90. The fourth-order valence-corrected chi connectivity index (χ4v) is 3.57. The first-order valence-electron chi connectivity index (χ1n) is 7.42. The lowest BCUT2D eigenvalue weighted by atomic mass is 10.3. The van der Waals surface area contributed by atoms with Crippen molar-refractivity contribution in [1.29, 1.82) is 0 Å². The highest BCUT2D eigenvalue weighted by Gasteiger charge is 2.17. The van der Waals surface area contributed by atoms with Gasteiger partial charge in [-0.3, -0.25) is 0 Å². The highest BCUT2D eigenvalue weighted by molar-refractivity contribution is 7.14. The van der Waals surface area contributed by atoms with E-state index in [1.54, 1.807) is 0 Å². The normalized spacial score (nSPS) is 15.7. The van der Waals surface area contributed by atoms with E-state index < -0.39 is 5.97 Å². The van der Waals surface area contributed by atoms with E-state index in [0.29, 0.717) is 17.2 Å². The Hall–Kier alpha value is -1.07. The number of nitrogens with zero attached hydrogens (tertiary/aromatic N) is 1. The summed E-state index contributed by atoms with van der Waals surface area (Å²) in [5.74, 6) is -0.334. The van der Waals surface area contributed by atoms with E-state index in [4.69, 9.17) is 4.74 Å². The molecule has 0 bridgehead atoms. The van der Waals surface area contributed by atoms with Gasteiger partial charge in [0.05, 0.1) is 6.61 Å². The standard InChI is InChI=1S/C15H23NO3S/c1-2-6-12-11-13(14(20-12)15(17)18)19-10-5-9-16-7-3-4-8-16/h11H,2-10H2,1H3,(H,17,18). The minimum atomic E-state index is -0.883. The van der Waals surface area contributed by atoms with Crippen LogP contribution in [0.15, 0.2) is 6.07 Å². The molecule has 0 amide bonds. The molecule has 1 aromatic heterocycles. The SMILES string of the molecule is CCCc1cc(OCCCN2CCCC2)c(C(=O)O)s1. The second-order valence-corrected chi connectivity index (χ2v) is 6.35. The quantitative estimate of drug-likeness (QED) is 0.748. The van der Waals surface area contributed by atoms with E-state index in [2.05, 4.69) is 11.8 Å². The number of rotatable bonds is 8. The molecular formula is C15H23NO3S. The molecule has 20 heavy (non-hydrogen) atoms. The van der Waals surface area contributed by atoms with Crippen LogP contribution in [0.25, 0.3) is 0 Å². The second-order valence-electron chi connectivity index (χ2n) is 5.21. The average Bonchev–Trinajstić information content (AvgIpc) is 3.04. The smallest absolute Gasteiger partial charge is 0.349 e. The van der Waals surface area contributed by atoms with Gasteiger partial charge in [0, 0.05) is 11.4 Å². The van der Waals surface area contributed by atoms with Crippen molar-refractivity contribution in [2.45, 2.75) is 39.0 Å². The predicted molar refractivity (Wildman–Crippen MR) is 81.1 cm³/mol. The zero-order chi connectivity index (χ0) is 14.4. The first kappa shape index (κ1) is 15.3. The number of hydrogen-bond donors (Lipinski definition) is 1. The van der Waals surface area contributed by atoms with Gasteiger partial charge in [0.2, 0.25) is 0 Å². The molecule has 1 aromatic rings. The van der Waals surface area contributed by atoms with Crippen molar-refractivity contribution < 1.29 is 14.6 Å². The summed E-state index contributed by atoms with van der Waals surface area (Å²) < 4.78 is 5.69. The molecule has 0 aliphatic carbocycles. The van der Waals surface area contributed by atoms with Crippen LogP contribution in [0.5, 0.6) is 5.75 Å². The van der Waals surface area contributed by atoms with Crippen LogP contribution in [0.3, 0.4) is 0 Å². The first-order chi connectivity index (χ1) is 9.70. The summed E-state index contributed by atoms with van der Waals surface area (Å²) in [6.45, 7) is 6.13. The van der Waals surface area contributed by atoms with E-state index in [1.165, 1.54) is 37.3 Å². The number of ether oxygens (including phenoxy) is 1. The number of aromatic carboxylic acids is 1. The Morgan fingerprint density at radius 2 is 2.20 bits per heavy atom. The number of carbonyl (C=O) groups is 1. The van der Waals surface area contributed by atoms with Crippen LogP contribution in [0.2, 0.25) is 0 Å². The molecule has 1 saturated heterocycles. The Labute approximate surface area is 124 Å². The maximum absolute atomic E-state index is 11.2. The van der Waals surface area contributed by atoms with Crippen molar-refractivity contribution in [3.8, 4) is 5.75 Å². The zero-order valence-electron chi connectivity index (χ0n) is 12.1. The Bertz CT molecular complexity index is 438. The molecule has 2 heterocycles. The highest BCUT2D eigenvalue weighted by Crippen LogP contribution is 2.30. The summed E-state index contributed by atoms with van der Waals surface area (Å²) in [6.07, 6.45) is 5.50. The molecule has 0 spiro atoms. The van der Waals surface area contributed by atoms with Gasteiger partial charge >= 0.3 is 5.97 Å². The monoisotopic (exact) mass is 297 g/mol. The third-order valence-corrected chi connectivity index (χ3v) is 4.68. The number of likely N-dealkylation sites (tertiary alicyclic amines) is 1. The van der Waals surface area contributed by atoms with Crippen LogP contribution < -0.4 is 4.74 Å². The summed E-state index contributed by atoms with van der Waals surface area (Å²) in [7, 11) is 0. The molecule has 1 aliphatic heterocycles. The largest absolute Gasteiger partial charge is 0.492 e. The van der Waals surface area contributed by atoms with Crippen molar-refractivity contribution in [2.24, 2.45) is 0 Å². The third-order valence-electron chi connectivity index (χ3n) is 3.51. The van der Waals surface area contributed by atoms with E-state index in [0.717, 1.165) is 30.7 Å². The van der Waals surface area contributed by atoms with Crippen LogP contribution in [-0.2, 0) is 6.42 Å². The van der Waals surface area contributed by atoms with Crippen LogP contribution in [0, 0.1) is 0 Å². The van der Waals surface area contributed by atoms with Gasteiger partial charge in [-0.25, -0.2) is 4.79 Å². The maximum Gasteiger partial charge on any atom is 0.349 e. The van der Waals surface area contributed by atoms with Gasteiger partial charge in [0.1, 0.15) is 5.75 Å². The van der Waals surface area contributed by atoms with Crippen molar-refractivity contribution in [3.05, 3.63) is 15.8 Å². The molecule has 1 fully saturated rings. The molecule has 2 rings (SSSR count). The zero-order valence-corrected chi connectivity index (χ0v) is 12.9. The van der Waals surface area contributed by atoms with Crippen molar-refractivity contribution >= 4 is 17.3 Å². The number of aryl methyl sites for hydroxylation is 1. The van der Waals surface area contributed by atoms with E-state index in [1.807, 2.05) is 6.07 Å². The summed E-state index contributed by atoms with van der Waals surface area (Å²) in [5.41, 5.74) is 0. The van der Waals surface area contributed by atoms with Gasteiger partial charge in [-0.1, -0.05) is 13.3 Å². The van der Waals surface area contributed by atoms with E-state index in [9.17, 15) is 9.90 Å². The van der Waals surface area contributed by atoms with E-state index >= 15 is 0 Å². The molecule has 0 aromatic carbocycles. The van der Waals surface area contributed by atoms with Crippen LogP contribution in [0.4, 0.5) is 0 Å². The fourth-order valence-electron chi connectivity index (χ4n) is 2.52. The summed E-state index contributed by atoms with van der Waals surface area (Å²) in [4.78, 5) is 15.1. The van der Waals surface area contributed by atoms with Crippen LogP contribution in [0.1, 0.15) is 47.2 Å². The Kier molecular flexibility index (Phi) is 5.86. The first-order valence-corrected chi connectivity index (χ1v) is 8.23. The molecule has 1 N–H and O–H groups in total. The number of thiophene rings is 1. The molecule has 1 aliphatic rings. The number of carboxylic acid groups (broad SMARTS) is 1. The molecule has 0 radical (unpaired) electrons. The molecule has 5 heteroatoms. The lowest BCUT2D eigenvalue weighted by Gasteiger charge is -2.14. The summed E-state index contributed by atoms with van der Waals surface area (Å²) in [5, 5.41) is 9.20. The van der Waals surface area contributed by atoms with Crippen molar-refractivity contribution in [2.75, 3.05) is 26.2 Å². The molecular weight excluding hydrogens is 274 g/mol. The molecule has 0 atom stereocenters. The molecule has 4 nitrogen and oxygen atoms in total. The van der Waals surface area contributed by atoms with Gasteiger partial charge in [-0.2, -0.15) is 0 Å². The lowest BCUT2D eigenvalue weighted by molar-refractivity contribution is 0.0698. The third kappa shape index (κ3) is 4.21. The summed E-state index contributed by atoms with van der Waals surface area (Å²) >= 11 is 1.34. The van der Waals surface area contributed by atoms with Gasteiger partial charge in [0.25, 0.3) is 0 Å². The minimum Gasteiger partial charge on any atom is -0.492 e. The van der Waals surface area contributed by atoms with Gasteiger partial charge < -0.3 is 14.7 Å². The Morgan fingerprint density at radius 3 is 2.85 bits per heavy atom. The van der Waals surface area contributed by atoms with Gasteiger partial charge in [-0.05, 0) is 44.8 Å². The molecule has 112 valence electrons. The van der Waals surface area contributed by atoms with E-state index in [-0.39, 0.29) is 0 Å². The van der Waals surface area contributed by atoms with Gasteiger partial charge in [0.15, 0.2) is 4.88 Å². The Balaban J connectivity index is 1.82. The number of carboxylic acids is 1. The number of hydrogen-bond acceptors (Lipinski definition) is 4. The van der Waals surface area contributed by atoms with Crippen LogP contribution >= 0.6 is 11.3 Å².